The van der Waals surface area contributed by atoms with Crippen molar-refractivity contribution in [1.29, 1.82) is 0 Å². The van der Waals surface area contributed by atoms with E-state index in [1.807, 2.05) is 19.1 Å². The fourth-order valence-corrected chi connectivity index (χ4v) is 3.09. The van der Waals surface area contributed by atoms with Crippen LogP contribution in [0.4, 0.5) is 5.69 Å². The summed E-state index contributed by atoms with van der Waals surface area (Å²) in [5, 5.41) is 16.1. The summed E-state index contributed by atoms with van der Waals surface area (Å²) in [6.07, 6.45) is 0. The molecule has 0 spiro atoms. The van der Waals surface area contributed by atoms with Crippen LogP contribution in [0.2, 0.25) is 0 Å². The third-order valence-electron chi connectivity index (χ3n) is 4.61. The molecule has 4 aromatic rings. The maximum absolute atomic E-state index is 12.8. The first-order valence-corrected chi connectivity index (χ1v) is 8.49. The van der Waals surface area contributed by atoms with Crippen molar-refractivity contribution >= 4 is 34.1 Å². The fourth-order valence-electron chi connectivity index (χ4n) is 3.09. The van der Waals surface area contributed by atoms with E-state index in [2.05, 4.69) is 10.4 Å². The number of hydrogen-bond acceptors (Lipinski definition) is 4. The number of fused-ring (bicyclic) bond motifs is 2. The van der Waals surface area contributed by atoms with Gasteiger partial charge in [0.1, 0.15) is 5.65 Å². The molecule has 2 N–H and O–H groups in total. The lowest BCUT2D eigenvalue weighted by Gasteiger charge is -2.10. The normalized spacial score (nSPS) is 11.1. The lowest BCUT2D eigenvalue weighted by atomic mass is 10.1. The van der Waals surface area contributed by atoms with Crippen LogP contribution in [-0.2, 0) is 7.05 Å². The lowest BCUT2D eigenvalue weighted by Crippen LogP contribution is -2.19. The summed E-state index contributed by atoms with van der Waals surface area (Å²) in [6.45, 7) is 1.94. The predicted octanol–water partition coefficient (Wildman–Crippen LogP) is 2.45. The molecule has 1 amide bonds. The van der Waals surface area contributed by atoms with Crippen molar-refractivity contribution in [3.8, 4) is 0 Å². The quantitative estimate of drug-likeness (QED) is 0.571. The number of aromatic carboxylic acids is 1. The zero-order valence-electron chi connectivity index (χ0n) is 15.1. The topological polar surface area (TPSA) is 106 Å². The van der Waals surface area contributed by atoms with Gasteiger partial charge in [-0.2, -0.15) is 9.61 Å². The van der Waals surface area contributed by atoms with E-state index in [0.29, 0.717) is 27.8 Å². The highest BCUT2D eigenvalue weighted by molar-refractivity contribution is 6.05. The number of rotatable bonds is 3. The fraction of sp³-hybridized carbons (Fsp3) is 0.100. The molecule has 0 radical (unpaired) electrons. The van der Waals surface area contributed by atoms with Crippen LogP contribution >= 0.6 is 0 Å². The first-order valence-electron chi connectivity index (χ1n) is 8.49. The van der Waals surface area contributed by atoms with Gasteiger partial charge < -0.3 is 15.0 Å². The van der Waals surface area contributed by atoms with E-state index < -0.39 is 11.5 Å². The molecule has 0 aliphatic heterocycles. The molecule has 2 heterocycles. The maximum atomic E-state index is 12.8. The summed E-state index contributed by atoms with van der Waals surface area (Å²) in [6, 6.07) is 13.4. The van der Waals surface area contributed by atoms with Crippen molar-refractivity contribution < 1.29 is 14.7 Å². The molecule has 140 valence electrons. The molecular weight excluding hydrogens is 360 g/mol. The van der Waals surface area contributed by atoms with E-state index in [-0.39, 0.29) is 11.6 Å². The van der Waals surface area contributed by atoms with Crippen LogP contribution in [0.3, 0.4) is 0 Å². The first kappa shape index (κ1) is 17.5. The van der Waals surface area contributed by atoms with E-state index in [4.69, 9.17) is 5.11 Å². The van der Waals surface area contributed by atoms with Gasteiger partial charge in [-0.1, -0.05) is 17.7 Å². The molecule has 0 fully saturated rings. The number of carboxylic acids is 1. The number of hydrogen-bond donors (Lipinski definition) is 2. The molecule has 0 atom stereocenters. The standard InChI is InChI=1S/C20H16N4O4/c1-11-3-5-12(6-4-11)18(25)21-13-7-8-16-14(9-13)19(26)24-17(23(16)2)10-15(22-24)20(27)28/h3-10H,1-2H3,(H,21,25)(H,27,28). The summed E-state index contributed by atoms with van der Waals surface area (Å²) in [5.41, 5.74) is 2.31. The third kappa shape index (κ3) is 2.81. The van der Waals surface area contributed by atoms with Gasteiger partial charge in [0.15, 0.2) is 5.69 Å². The zero-order chi connectivity index (χ0) is 20.0. The Morgan fingerprint density at radius 1 is 1.07 bits per heavy atom. The van der Waals surface area contributed by atoms with Gasteiger partial charge in [0, 0.05) is 24.4 Å². The molecule has 0 saturated heterocycles. The minimum Gasteiger partial charge on any atom is -0.476 e. The van der Waals surface area contributed by atoms with Crippen LogP contribution in [0.5, 0.6) is 0 Å². The Morgan fingerprint density at radius 2 is 1.79 bits per heavy atom. The minimum atomic E-state index is -1.21. The van der Waals surface area contributed by atoms with Crippen LogP contribution in [0.15, 0.2) is 53.3 Å². The second-order valence-corrected chi connectivity index (χ2v) is 6.52. The molecule has 28 heavy (non-hydrogen) atoms. The Hall–Kier alpha value is -3.94. The van der Waals surface area contributed by atoms with Gasteiger partial charge in [-0.05, 0) is 37.3 Å². The Morgan fingerprint density at radius 3 is 2.46 bits per heavy atom. The van der Waals surface area contributed by atoms with Crippen LogP contribution in [-0.4, -0.2) is 31.2 Å². The molecule has 0 saturated carbocycles. The van der Waals surface area contributed by atoms with Crippen molar-refractivity contribution in [1.82, 2.24) is 14.2 Å². The number of aromatic nitrogens is 3. The highest BCUT2D eigenvalue weighted by Gasteiger charge is 2.16. The van der Waals surface area contributed by atoms with Crippen LogP contribution < -0.4 is 10.9 Å². The SMILES string of the molecule is Cc1ccc(C(=O)Nc2ccc3c(c2)c(=O)n2nc(C(=O)O)cc2n3C)cc1. The Bertz CT molecular complexity index is 1320. The second kappa shape index (κ2) is 6.34. The molecular formula is C20H16N4O4. The van der Waals surface area contributed by atoms with Gasteiger partial charge in [-0.15, -0.1) is 0 Å². The highest BCUT2D eigenvalue weighted by atomic mass is 16.4. The number of amides is 1. The monoisotopic (exact) mass is 376 g/mol. The van der Waals surface area contributed by atoms with Crippen molar-refractivity contribution in [2.24, 2.45) is 7.05 Å². The number of carbonyl (C=O) groups is 2. The average molecular weight is 376 g/mol. The van der Waals surface area contributed by atoms with Gasteiger partial charge in [0.25, 0.3) is 11.5 Å². The van der Waals surface area contributed by atoms with Crippen LogP contribution in [0, 0.1) is 6.92 Å². The number of carboxylic acid groups (broad SMARTS) is 1. The highest BCUT2D eigenvalue weighted by Crippen LogP contribution is 2.19. The molecule has 0 aliphatic rings. The smallest absolute Gasteiger partial charge is 0.356 e. The van der Waals surface area contributed by atoms with E-state index in [0.717, 1.165) is 10.1 Å². The van der Waals surface area contributed by atoms with Gasteiger partial charge >= 0.3 is 5.97 Å². The van der Waals surface area contributed by atoms with Crippen LogP contribution in [0.25, 0.3) is 16.6 Å². The van der Waals surface area contributed by atoms with Gasteiger partial charge in [-0.25, -0.2) is 4.79 Å². The van der Waals surface area contributed by atoms with Gasteiger partial charge in [0.2, 0.25) is 0 Å². The molecule has 0 aliphatic carbocycles. The van der Waals surface area contributed by atoms with E-state index >= 15 is 0 Å². The summed E-state index contributed by atoms with van der Waals surface area (Å²) in [4.78, 5) is 36.4. The maximum Gasteiger partial charge on any atom is 0.356 e. The Labute approximate surface area is 158 Å². The molecule has 8 heteroatoms. The van der Waals surface area contributed by atoms with E-state index in [9.17, 15) is 14.4 Å². The van der Waals surface area contributed by atoms with E-state index in [1.54, 1.807) is 41.9 Å². The average Bonchev–Trinajstić information content (AvgIpc) is 3.13. The largest absolute Gasteiger partial charge is 0.476 e. The summed E-state index contributed by atoms with van der Waals surface area (Å²) in [7, 11) is 1.72. The lowest BCUT2D eigenvalue weighted by molar-refractivity contribution is 0.0690. The number of nitrogens with one attached hydrogen (secondary N) is 1. The van der Waals surface area contributed by atoms with Gasteiger partial charge in [-0.3, -0.25) is 9.59 Å². The van der Waals surface area contributed by atoms with Crippen molar-refractivity contribution in [2.75, 3.05) is 5.32 Å². The Kier molecular flexibility index (Phi) is 3.96. The number of nitrogens with zero attached hydrogens (tertiary/aromatic N) is 3. The number of aryl methyl sites for hydroxylation is 2. The number of anilines is 1. The molecule has 0 unspecified atom stereocenters. The Balaban J connectivity index is 1.80. The van der Waals surface area contributed by atoms with Crippen LogP contribution in [0.1, 0.15) is 26.4 Å². The van der Waals surface area contributed by atoms with Crippen molar-refractivity contribution in [2.45, 2.75) is 6.92 Å². The zero-order valence-corrected chi connectivity index (χ0v) is 15.1. The molecule has 2 aromatic carbocycles. The first-order chi connectivity index (χ1) is 13.3. The summed E-state index contributed by atoms with van der Waals surface area (Å²) >= 11 is 0. The third-order valence-corrected chi connectivity index (χ3v) is 4.61. The molecule has 4 rings (SSSR count). The summed E-state index contributed by atoms with van der Waals surface area (Å²) < 4.78 is 2.74. The molecule has 2 aromatic heterocycles. The number of benzene rings is 2. The molecule has 8 nitrogen and oxygen atoms in total. The summed E-state index contributed by atoms with van der Waals surface area (Å²) in [5.74, 6) is -1.50. The van der Waals surface area contributed by atoms with E-state index in [1.165, 1.54) is 6.07 Å². The van der Waals surface area contributed by atoms with Crippen molar-refractivity contribution in [3.63, 3.8) is 0 Å². The predicted molar refractivity (Wildman–Crippen MR) is 104 cm³/mol. The minimum absolute atomic E-state index is 0.212. The number of carbonyl (C=O) groups excluding carboxylic acids is 1. The van der Waals surface area contributed by atoms with Crippen molar-refractivity contribution in [3.05, 3.63) is 75.7 Å². The molecule has 0 bridgehead atoms. The second-order valence-electron chi connectivity index (χ2n) is 6.52. The van der Waals surface area contributed by atoms with Gasteiger partial charge in [0.05, 0.1) is 10.9 Å².